The van der Waals surface area contributed by atoms with Crippen LogP contribution in [0.4, 0.5) is 0 Å². The number of piperidine rings is 1. The lowest BCUT2D eigenvalue weighted by Crippen LogP contribution is -2.52. The van der Waals surface area contributed by atoms with Crippen molar-refractivity contribution in [2.75, 3.05) is 13.1 Å². The van der Waals surface area contributed by atoms with Gasteiger partial charge in [-0.2, -0.15) is 0 Å². The van der Waals surface area contributed by atoms with Crippen LogP contribution < -0.4 is 5.32 Å². The molecule has 0 unspecified atom stereocenters. The average molecular weight is 294 g/mol. The van der Waals surface area contributed by atoms with Gasteiger partial charge >= 0.3 is 0 Å². The van der Waals surface area contributed by atoms with E-state index in [4.69, 9.17) is 0 Å². The van der Waals surface area contributed by atoms with Crippen LogP contribution in [0.25, 0.3) is 0 Å². The maximum atomic E-state index is 12.1. The van der Waals surface area contributed by atoms with E-state index < -0.39 is 0 Å². The number of hydrogen-bond acceptors (Lipinski definition) is 2. The van der Waals surface area contributed by atoms with E-state index in [9.17, 15) is 9.59 Å². The molecular weight excluding hydrogens is 264 g/mol. The molecule has 1 saturated heterocycles. The molecule has 120 valence electrons. The van der Waals surface area contributed by atoms with Crippen molar-refractivity contribution in [3.8, 4) is 0 Å². The van der Waals surface area contributed by atoms with Gasteiger partial charge < -0.3 is 10.2 Å². The maximum absolute atomic E-state index is 12.1. The van der Waals surface area contributed by atoms with E-state index >= 15 is 0 Å². The van der Waals surface area contributed by atoms with Gasteiger partial charge in [0.2, 0.25) is 11.8 Å². The van der Waals surface area contributed by atoms with Gasteiger partial charge in [0.1, 0.15) is 0 Å². The lowest BCUT2D eigenvalue weighted by atomic mass is 9.57. The maximum Gasteiger partial charge on any atom is 0.223 e. The van der Waals surface area contributed by atoms with Gasteiger partial charge in [0, 0.05) is 31.5 Å². The Balaban J connectivity index is 1.76. The number of nitrogens with zero attached hydrogens (tertiary/aromatic N) is 1. The zero-order chi connectivity index (χ0) is 15.6. The highest BCUT2D eigenvalue weighted by atomic mass is 16.2. The molecule has 4 heteroatoms. The smallest absolute Gasteiger partial charge is 0.223 e. The van der Waals surface area contributed by atoms with Crippen LogP contribution in [-0.2, 0) is 9.59 Å². The largest absolute Gasteiger partial charge is 0.354 e. The summed E-state index contributed by atoms with van der Waals surface area (Å²) >= 11 is 0. The lowest BCUT2D eigenvalue weighted by Gasteiger charge is -2.51. The van der Waals surface area contributed by atoms with Crippen molar-refractivity contribution >= 4 is 11.8 Å². The SMILES string of the molecule is CC(C)CC(=O)N1CCC2(CC1)CC(C(=O)NC(C)C)C2. The minimum absolute atomic E-state index is 0.199. The van der Waals surface area contributed by atoms with E-state index in [1.54, 1.807) is 0 Å². The molecule has 0 atom stereocenters. The lowest BCUT2D eigenvalue weighted by molar-refractivity contribution is -0.142. The van der Waals surface area contributed by atoms with Crippen LogP contribution in [0.5, 0.6) is 0 Å². The average Bonchev–Trinajstić information content (AvgIpc) is 2.34. The molecule has 2 aliphatic rings. The Kier molecular flexibility index (Phi) is 4.95. The first kappa shape index (κ1) is 16.3. The van der Waals surface area contributed by atoms with Crippen LogP contribution in [0.2, 0.25) is 0 Å². The molecule has 0 radical (unpaired) electrons. The van der Waals surface area contributed by atoms with E-state index in [0.29, 0.717) is 23.7 Å². The molecule has 1 aliphatic carbocycles. The fourth-order valence-electron chi connectivity index (χ4n) is 3.69. The van der Waals surface area contributed by atoms with Crippen LogP contribution in [0, 0.1) is 17.3 Å². The molecule has 2 amide bonds. The molecule has 1 heterocycles. The molecule has 0 aromatic heterocycles. The Bertz CT molecular complexity index is 388. The van der Waals surface area contributed by atoms with E-state index in [2.05, 4.69) is 19.2 Å². The molecule has 1 aliphatic heterocycles. The van der Waals surface area contributed by atoms with Crippen molar-refractivity contribution in [1.29, 1.82) is 0 Å². The first-order valence-corrected chi connectivity index (χ1v) is 8.39. The first-order valence-electron chi connectivity index (χ1n) is 8.39. The van der Waals surface area contributed by atoms with Crippen molar-refractivity contribution in [1.82, 2.24) is 10.2 Å². The summed E-state index contributed by atoms with van der Waals surface area (Å²) in [7, 11) is 0. The second-order valence-electron chi connectivity index (χ2n) is 7.75. The summed E-state index contributed by atoms with van der Waals surface area (Å²) in [5.74, 6) is 1.15. The Hall–Kier alpha value is -1.06. The fourth-order valence-corrected chi connectivity index (χ4v) is 3.69. The molecule has 4 nitrogen and oxygen atoms in total. The van der Waals surface area contributed by atoms with Crippen molar-refractivity contribution in [3.63, 3.8) is 0 Å². The standard InChI is InChI=1S/C17H30N2O2/c1-12(2)9-15(20)19-7-5-17(6-8-19)10-14(11-17)16(21)18-13(3)4/h12-14H,5-11H2,1-4H3,(H,18,21). The number of carbonyl (C=O) groups is 2. The van der Waals surface area contributed by atoms with Gasteiger partial charge in [-0.15, -0.1) is 0 Å². The predicted molar refractivity (Wildman–Crippen MR) is 83.7 cm³/mol. The van der Waals surface area contributed by atoms with E-state index in [0.717, 1.165) is 38.8 Å². The highest BCUT2D eigenvalue weighted by Crippen LogP contribution is 2.52. The van der Waals surface area contributed by atoms with Gasteiger partial charge in [0.15, 0.2) is 0 Å². The molecule has 1 N–H and O–H groups in total. The highest BCUT2D eigenvalue weighted by molar-refractivity contribution is 5.80. The van der Waals surface area contributed by atoms with Crippen LogP contribution in [0.3, 0.4) is 0 Å². The highest BCUT2D eigenvalue weighted by Gasteiger charge is 2.48. The van der Waals surface area contributed by atoms with E-state index in [1.807, 2.05) is 18.7 Å². The van der Waals surface area contributed by atoms with Gasteiger partial charge in [-0.1, -0.05) is 13.8 Å². The molecular formula is C17H30N2O2. The zero-order valence-corrected chi connectivity index (χ0v) is 13.9. The van der Waals surface area contributed by atoms with E-state index in [1.165, 1.54) is 0 Å². The Morgan fingerprint density at radius 2 is 1.71 bits per heavy atom. The van der Waals surface area contributed by atoms with Crippen molar-refractivity contribution in [3.05, 3.63) is 0 Å². The third-order valence-electron chi connectivity index (χ3n) is 4.92. The van der Waals surface area contributed by atoms with Crippen LogP contribution in [0.15, 0.2) is 0 Å². The zero-order valence-electron chi connectivity index (χ0n) is 13.9. The second kappa shape index (κ2) is 6.37. The van der Waals surface area contributed by atoms with Crippen molar-refractivity contribution in [2.24, 2.45) is 17.3 Å². The number of amides is 2. The van der Waals surface area contributed by atoms with Gasteiger partial charge in [-0.25, -0.2) is 0 Å². The number of rotatable bonds is 4. The normalized spacial score (nSPS) is 21.7. The topological polar surface area (TPSA) is 49.4 Å². The number of hydrogen-bond donors (Lipinski definition) is 1. The molecule has 21 heavy (non-hydrogen) atoms. The minimum Gasteiger partial charge on any atom is -0.354 e. The summed E-state index contributed by atoms with van der Waals surface area (Å²) in [6.45, 7) is 9.95. The van der Waals surface area contributed by atoms with Gasteiger partial charge in [0.05, 0.1) is 0 Å². The molecule has 1 spiro atoms. The van der Waals surface area contributed by atoms with Crippen LogP contribution >= 0.6 is 0 Å². The van der Waals surface area contributed by atoms with Crippen LogP contribution in [0.1, 0.15) is 59.8 Å². The molecule has 2 fully saturated rings. The summed E-state index contributed by atoms with van der Waals surface area (Å²) < 4.78 is 0. The van der Waals surface area contributed by atoms with Gasteiger partial charge in [0.25, 0.3) is 0 Å². The molecule has 0 aromatic rings. The Labute approximate surface area is 128 Å². The van der Waals surface area contributed by atoms with Crippen molar-refractivity contribution < 1.29 is 9.59 Å². The molecule has 0 aromatic carbocycles. The summed E-state index contributed by atoms with van der Waals surface area (Å²) in [5, 5.41) is 3.01. The number of nitrogens with one attached hydrogen (secondary N) is 1. The summed E-state index contributed by atoms with van der Waals surface area (Å²) in [6, 6.07) is 0.226. The van der Waals surface area contributed by atoms with Crippen molar-refractivity contribution in [2.45, 2.75) is 65.8 Å². The predicted octanol–water partition coefficient (Wildman–Crippen LogP) is 2.58. The van der Waals surface area contributed by atoms with E-state index in [-0.39, 0.29) is 17.9 Å². The third kappa shape index (κ3) is 3.98. The number of carbonyl (C=O) groups excluding carboxylic acids is 2. The van der Waals surface area contributed by atoms with Gasteiger partial charge in [-0.3, -0.25) is 9.59 Å². The van der Waals surface area contributed by atoms with Gasteiger partial charge in [-0.05, 0) is 50.9 Å². The monoisotopic (exact) mass is 294 g/mol. The quantitative estimate of drug-likeness (QED) is 0.866. The van der Waals surface area contributed by atoms with Crippen LogP contribution in [-0.4, -0.2) is 35.8 Å². The fraction of sp³-hybridized carbons (Fsp3) is 0.882. The third-order valence-corrected chi connectivity index (χ3v) is 4.92. The Morgan fingerprint density at radius 3 is 2.19 bits per heavy atom. The second-order valence-corrected chi connectivity index (χ2v) is 7.75. The molecule has 1 saturated carbocycles. The number of likely N-dealkylation sites (tertiary alicyclic amines) is 1. The summed E-state index contributed by atoms with van der Waals surface area (Å²) in [6.07, 6.45) is 4.83. The summed E-state index contributed by atoms with van der Waals surface area (Å²) in [4.78, 5) is 26.1. The summed E-state index contributed by atoms with van der Waals surface area (Å²) in [5.41, 5.74) is 0.341. The molecule has 0 bridgehead atoms. The molecule has 2 rings (SSSR count). The first-order chi connectivity index (χ1) is 9.81. The minimum atomic E-state index is 0.199. The Morgan fingerprint density at radius 1 is 1.14 bits per heavy atom.